The van der Waals surface area contributed by atoms with E-state index < -0.39 is 0 Å². The van der Waals surface area contributed by atoms with Crippen LogP contribution in [0.4, 0.5) is 5.69 Å². The van der Waals surface area contributed by atoms with Gasteiger partial charge in [-0.25, -0.2) is 4.98 Å². The van der Waals surface area contributed by atoms with E-state index in [4.69, 9.17) is 26.1 Å². The molecule has 6 nitrogen and oxygen atoms in total. The number of piperidine rings is 1. The van der Waals surface area contributed by atoms with Crippen LogP contribution in [0.15, 0.2) is 36.4 Å². The second kappa shape index (κ2) is 9.42. The normalized spacial score (nSPS) is 16.3. The molecule has 0 radical (unpaired) electrons. The molecular formula is C23H26ClN3O3S. The number of halogens is 1. The zero-order chi connectivity index (χ0) is 22.0. The average Bonchev–Trinajstić information content (AvgIpc) is 3.21. The van der Waals surface area contributed by atoms with Crippen LogP contribution in [0, 0.1) is 0 Å². The van der Waals surface area contributed by atoms with Crippen molar-refractivity contribution in [2.24, 2.45) is 0 Å². The Morgan fingerprint density at radius 2 is 1.90 bits per heavy atom. The number of benzene rings is 2. The third-order valence-corrected chi connectivity index (χ3v) is 7.26. The van der Waals surface area contributed by atoms with Crippen molar-refractivity contribution >= 4 is 44.7 Å². The fraction of sp³-hybridized carbons (Fsp3) is 0.391. The number of fused-ring (bicyclic) bond motifs is 1. The van der Waals surface area contributed by atoms with Crippen molar-refractivity contribution in [1.82, 2.24) is 9.88 Å². The molecular weight excluding hydrogens is 434 g/mol. The number of carbonyl (C=O) groups excluding carboxylic acids is 1. The highest BCUT2D eigenvalue weighted by molar-refractivity contribution is 7.18. The van der Waals surface area contributed by atoms with Gasteiger partial charge in [0.25, 0.3) is 0 Å². The van der Waals surface area contributed by atoms with Crippen LogP contribution >= 0.6 is 22.9 Å². The van der Waals surface area contributed by atoms with Gasteiger partial charge in [0.05, 0.1) is 35.5 Å². The summed E-state index contributed by atoms with van der Waals surface area (Å²) >= 11 is 7.84. The van der Waals surface area contributed by atoms with Crippen LogP contribution in [0.2, 0.25) is 5.02 Å². The van der Waals surface area contributed by atoms with Crippen molar-refractivity contribution in [3.8, 4) is 11.5 Å². The Hall–Kier alpha value is -2.35. The summed E-state index contributed by atoms with van der Waals surface area (Å²) in [7, 11) is 3.17. The van der Waals surface area contributed by atoms with E-state index in [9.17, 15) is 4.79 Å². The molecule has 0 bridgehead atoms. The van der Waals surface area contributed by atoms with Gasteiger partial charge < -0.3 is 14.8 Å². The van der Waals surface area contributed by atoms with Gasteiger partial charge in [-0.3, -0.25) is 9.69 Å². The van der Waals surface area contributed by atoms with Crippen LogP contribution in [0.3, 0.4) is 0 Å². The van der Waals surface area contributed by atoms with Crippen LogP contribution < -0.4 is 14.8 Å². The van der Waals surface area contributed by atoms with E-state index >= 15 is 0 Å². The van der Waals surface area contributed by atoms with Gasteiger partial charge in [-0.05, 0) is 63.2 Å². The third-order valence-electron chi connectivity index (χ3n) is 5.82. The van der Waals surface area contributed by atoms with Crippen molar-refractivity contribution in [1.29, 1.82) is 0 Å². The smallest absolute Gasteiger partial charge is 0.241 e. The van der Waals surface area contributed by atoms with E-state index in [1.165, 1.54) is 9.71 Å². The molecule has 1 amide bonds. The number of amides is 1. The zero-order valence-electron chi connectivity index (χ0n) is 17.9. The number of methoxy groups -OCH3 is 2. The molecule has 2 aromatic carbocycles. The topological polar surface area (TPSA) is 63.7 Å². The molecule has 0 aliphatic carbocycles. The van der Waals surface area contributed by atoms with Gasteiger partial charge in [0.2, 0.25) is 5.91 Å². The summed E-state index contributed by atoms with van der Waals surface area (Å²) in [6.07, 6.45) is 1.98. The Labute approximate surface area is 191 Å². The van der Waals surface area contributed by atoms with Gasteiger partial charge in [0.1, 0.15) is 0 Å². The SMILES string of the molecule is COc1ccc(NC(=O)C(C)N2CCC(c3nc4cc(Cl)ccc4s3)CC2)cc1OC. The number of anilines is 1. The highest BCUT2D eigenvalue weighted by Crippen LogP contribution is 2.35. The standard InChI is InChI=1S/C23H26ClN3O3S/c1-14(22(28)25-17-5-6-19(29-2)20(13-17)30-3)27-10-8-15(9-11-27)23-26-18-12-16(24)4-7-21(18)31-23/h4-7,12-15H,8-11H2,1-3H3,(H,25,28). The van der Waals surface area contributed by atoms with Gasteiger partial charge >= 0.3 is 0 Å². The predicted molar refractivity (Wildman–Crippen MR) is 126 cm³/mol. The molecule has 0 saturated carbocycles. The molecule has 2 heterocycles. The van der Waals surface area contributed by atoms with Crippen molar-refractivity contribution < 1.29 is 14.3 Å². The molecule has 1 fully saturated rings. The van der Waals surface area contributed by atoms with E-state index in [0.29, 0.717) is 28.1 Å². The minimum absolute atomic E-state index is 0.0275. The largest absolute Gasteiger partial charge is 0.493 e. The lowest BCUT2D eigenvalue weighted by Crippen LogP contribution is -2.45. The highest BCUT2D eigenvalue weighted by Gasteiger charge is 2.29. The number of carbonyl (C=O) groups is 1. The highest BCUT2D eigenvalue weighted by atomic mass is 35.5. The number of nitrogens with one attached hydrogen (secondary N) is 1. The van der Waals surface area contributed by atoms with Gasteiger partial charge in [0.15, 0.2) is 11.5 Å². The fourth-order valence-electron chi connectivity index (χ4n) is 3.95. The second-order valence-corrected chi connectivity index (χ2v) is 9.21. The summed E-state index contributed by atoms with van der Waals surface area (Å²) in [5.74, 6) is 1.62. The van der Waals surface area contributed by atoms with Gasteiger partial charge in [-0.2, -0.15) is 0 Å². The van der Waals surface area contributed by atoms with Crippen LogP contribution in [0.5, 0.6) is 11.5 Å². The number of nitrogens with zero attached hydrogens (tertiary/aromatic N) is 2. The summed E-state index contributed by atoms with van der Waals surface area (Å²) < 4.78 is 11.7. The molecule has 8 heteroatoms. The Balaban J connectivity index is 1.36. The quantitative estimate of drug-likeness (QED) is 0.550. The molecule has 1 aliphatic heterocycles. The Kier molecular flexibility index (Phi) is 6.65. The summed E-state index contributed by atoms with van der Waals surface area (Å²) in [6, 6.07) is 11.0. The summed E-state index contributed by atoms with van der Waals surface area (Å²) in [6.45, 7) is 3.68. The molecule has 1 saturated heterocycles. The van der Waals surface area contributed by atoms with E-state index in [1.807, 2.05) is 31.2 Å². The molecule has 1 N–H and O–H groups in total. The van der Waals surface area contributed by atoms with E-state index in [2.05, 4.69) is 10.2 Å². The predicted octanol–water partition coefficient (Wildman–Crippen LogP) is 5.17. The Morgan fingerprint density at radius 1 is 1.16 bits per heavy atom. The maximum absolute atomic E-state index is 12.8. The third kappa shape index (κ3) is 4.79. The molecule has 1 atom stereocenters. The van der Waals surface area contributed by atoms with Crippen LogP contribution in [0.1, 0.15) is 30.7 Å². The minimum atomic E-state index is -0.219. The Bertz CT molecular complexity index is 1080. The number of hydrogen-bond donors (Lipinski definition) is 1. The van der Waals surface area contributed by atoms with Gasteiger partial charge in [-0.1, -0.05) is 11.6 Å². The first-order chi connectivity index (χ1) is 15.0. The van der Waals surface area contributed by atoms with Crippen molar-refractivity contribution in [3.63, 3.8) is 0 Å². The van der Waals surface area contributed by atoms with Crippen LogP contribution in [-0.2, 0) is 4.79 Å². The average molecular weight is 460 g/mol. The van der Waals surface area contributed by atoms with Crippen molar-refractivity contribution in [3.05, 3.63) is 46.4 Å². The minimum Gasteiger partial charge on any atom is -0.493 e. The number of likely N-dealkylation sites (tertiary alicyclic amines) is 1. The van der Waals surface area contributed by atoms with E-state index in [1.54, 1.807) is 37.7 Å². The molecule has 0 spiro atoms. The van der Waals surface area contributed by atoms with Crippen LogP contribution in [0.25, 0.3) is 10.2 Å². The van der Waals surface area contributed by atoms with E-state index in [0.717, 1.165) is 31.4 Å². The number of aromatic nitrogens is 1. The maximum Gasteiger partial charge on any atom is 0.241 e. The summed E-state index contributed by atoms with van der Waals surface area (Å²) in [4.78, 5) is 19.9. The van der Waals surface area contributed by atoms with Crippen molar-refractivity contribution in [2.75, 3.05) is 32.6 Å². The number of rotatable bonds is 6. The lowest BCUT2D eigenvalue weighted by atomic mass is 9.96. The fourth-order valence-corrected chi connectivity index (χ4v) is 5.24. The summed E-state index contributed by atoms with van der Waals surface area (Å²) in [5.41, 5.74) is 1.66. The first-order valence-electron chi connectivity index (χ1n) is 10.3. The van der Waals surface area contributed by atoms with E-state index in [-0.39, 0.29) is 11.9 Å². The maximum atomic E-state index is 12.8. The van der Waals surface area contributed by atoms with Gasteiger partial charge in [0, 0.05) is 22.7 Å². The molecule has 3 aromatic rings. The number of thiazole rings is 1. The molecule has 31 heavy (non-hydrogen) atoms. The first-order valence-corrected chi connectivity index (χ1v) is 11.5. The Morgan fingerprint density at radius 3 is 2.61 bits per heavy atom. The number of hydrogen-bond acceptors (Lipinski definition) is 6. The molecule has 164 valence electrons. The summed E-state index contributed by atoms with van der Waals surface area (Å²) in [5, 5.41) is 4.87. The van der Waals surface area contributed by atoms with Crippen LogP contribution in [-0.4, -0.2) is 49.1 Å². The molecule has 4 rings (SSSR count). The first kappa shape index (κ1) is 21.9. The lowest BCUT2D eigenvalue weighted by Gasteiger charge is -2.34. The molecule has 1 aliphatic rings. The zero-order valence-corrected chi connectivity index (χ0v) is 19.4. The van der Waals surface area contributed by atoms with Gasteiger partial charge in [-0.15, -0.1) is 11.3 Å². The lowest BCUT2D eigenvalue weighted by molar-refractivity contribution is -0.121. The molecule has 1 unspecified atom stereocenters. The molecule has 1 aromatic heterocycles. The number of ether oxygens (including phenoxy) is 2. The second-order valence-electron chi connectivity index (χ2n) is 7.71. The monoisotopic (exact) mass is 459 g/mol. The van der Waals surface area contributed by atoms with Crippen molar-refractivity contribution in [2.45, 2.75) is 31.7 Å².